The molecular formula is C17H17BrN4S. The summed E-state index contributed by atoms with van der Waals surface area (Å²) in [6.45, 7) is 2.86. The minimum atomic E-state index is 0.618. The van der Waals surface area contributed by atoms with E-state index < -0.39 is 0 Å². The van der Waals surface area contributed by atoms with Gasteiger partial charge < -0.3 is 5.32 Å². The molecule has 0 bridgehead atoms. The van der Waals surface area contributed by atoms with Crippen molar-refractivity contribution in [2.24, 2.45) is 0 Å². The second-order valence-electron chi connectivity index (χ2n) is 5.30. The van der Waals surface area contributed by atoms with Gasteiger partial charge in [-0.3, -0.25) is 9.67 Å². The molecule has 0 aliphatic heterocycles. The normalized spacial score (nSPS) is 10.7. The standard InChI is InChI=1S/C17H17BrN4S/c1-12-2-8-15(9-3-12)22-16(20-21-17(22)23)10-11-19-14-6-4-13(18)5-7-14/h2-9,19H,10-11H2,1H3,(H,21,23). The first-order valence-electron chi connectivity index (χ1n) is 7.36. The van der Waals surface area contributed by atoms with E-state index in [-0.39, 0.29) is 0 Å². The molecule has 3 aromatic rings. The van der Waals surface area contributed by atoms with E-state index in [9.17, 15) is 0 Å². The summed E-state index contributed by atoms with van der Waals surface area (Å²) >= 11 is 8.80. The highest BCUT2D eigenvalue weighted by atomic mass is 79.9. The summed E-state index contributed by atoms with van der Waals surface area (Å²) in [5.74, 6) is 0.920. The van der Waals surface area contributed by atoms with Crippen molar-refractivity contribution in [3.8, 4) is 5.69 Å². The van der Waals surface area contributed by atoms with Crippen LogP contribution in [0.2, 0.25) is 0 Å². The smallest absolute Gasteiger partial charge is 0.199 e. The number of aryl methyl sites for hydroxylation is 1. The lowest BCUT2D eigenvalue weighted by Crippen LogP contribution is -2.09. The SMILES string of the molecule is Cc1ccc(-n2c(CCNc3ccc(Br)cc3)n[nH]c2=S)cc1. The Hall–Kier alpha value is -1.92. The van der Waals surface area contributed by atoms with Crippen molar-refractivity contribution in [2.75, 3.05) is 11.9 Å². The third-order valence-electron chi connectivity index (χ3n) is 3.56. The monoisotopic (exact) mass is 388 g/mol. The number of H-pyrrole nitrogens is 1. The maximum absolute atomic E-state index is 5.37. The lowest BCUT2D eigenvalue weighted by Gasteiger charge is -2.09. The molecule has 0 saturated heterocycles. The second kappa shape index (κ2) is 7.10. The topological polar surface area (TPSA) is 45.6 Å². The highest BCUT2D eigenvalue weighted by molar-refractivity contribution is 9.10. The van der Waals surface area contributed by atoms with Crippen LogP contribution < -0.4 is 5.32 Å². The number of nitrogens with one attached hydrogen (secondary N) is 2. The van der Waals surface area contributed by atoms with Crippen molar-refractivity contribution in [1.29, 1.82) is 0 Å². The molecule has 0 amide bonds. The zero-order valence-corrected chi connectivity index (χ0v) is 15.1. The fourth-order valence-electron chi connectivity index (χ4n) is 2.34. The van der Waals surface area contributed by atoms with Crippen molar-refractivity contribution in [2.45, 2.75) is 13.3 Å². The van der Waals surface area contributed by atoms with Crippen molar-refractivity contribution in [1.82, 2.24) is 14.8 Å². The zero-order valence-electron chi connectivity index (χ0n) is 12.7. The molecule has 2 aromatic carbocycles. The number of aromatic amines is 1. The molecule has 0 aliphatic rings. The number of anilines is 1. The molecule has 0 spiro atoms. The van der Waals surface area contributed by atoms with Gasteiger partial charge in [-0.25, -0.2) is 0 Å². The molecule has 1 aromatic heterocycles. The van der Waals surface area contributed by atoms with Crippen LogP contribution >= 0.6 is 28.1 Å². The molecule has 3 rings (SSSR count). The molecule has 0 atom stereocenters. The van der Waals surface area contributed by atoms with Crippen LogP contribution in [0.4, 0.5) is 5.69 Å². The summed E-state index contributed by atoms with van der Waals surface area (Å²) in [6, 6.07) is 16.4. The molecule has 1 heterocycles. The fraction of sp³-hybridized carbons (Fsp3) is 0.176. The molecule has 0 fully saturated rings. The predicted octanol–water partition coefficient (Wildman–Crippen LogP) is 4.66. The summed E-state index contributed by atoms with van der Waals surface area (Å²) in [4.78, 5) is 0. The minimum Gasteiger partial charge on any atom is -0.385 e. The van der Waals surface area contributed by atoms with Crippen LogP contribution in [0.5, 0.6) is 0 Å². The molecule has 0 aliphatic carbocycles. The van der Waals surface area contributed by atoms with Gasteiger partial charge in [0.1, 0.15) is 5.82 Å². The van der Waals surface area contributed by atoms with Crippen LogP contribution in [0.1, 0.15) is 11.4 Å². The number of hydrogen-bond donors (Lipinski definition) is 2. The van der Waals surface area contributed by atoms with Crippen LogP contribution in [0.3, 0.4) is 0 Å². The van der Waals surface area contributed by atoms with Crippen LogP contribution in [0, 0.1) is 11.7 Å². The van der Waals surface area contributed by atoms with Crippen LogP contribution in [0.25, 0.3) is 5.69 Å². The van der Waals surface area contributed by atoms with Crippen molar-refractivity contribution < 1.29 is 0 Å². The Labute approximate surface area is 148 Å². The van der Waals surface area contributed by atoms with Gasteiger partial charge in [-0.2, -0.15) is 5.10 Å². The molecule has 0 radical (unpaired) electrons. The van der Waals surface area contributed by atoms with Gasteiger partial charge in [0.15, 0.2) is 4.77 Å². The highest BCUT2D eigenvalue weighted by Gasteiger charge is 2.08. The molecule has 23 heavy (non-hydrogen) atoms. The maximum Gasteiger partial charge on any atom is 0.199 e. The van der Waals surface area contributed by atoms with E-state index in [1.807, 2.05) is 28.8 Å². The van der Waals surface area contributed by atoms with E-state index >= 15 is 0 Å². The van der Waals surface area contributed by atoms with Gasteiger partial charge in [0, 0.05) is 28.8 Å². The van der Waals surface area contributed by atoms with E-state index in [4.69, 9.17) is 12.2 Å². The first kappa shape index (κ1) is 16.0. The number of hydrogen-bond acceptors (Lipinski definition) is 3. The number of nitrogens with zero attached hydrogens (tertiary/aromatic N) is 2. The average Bonchev–Trinajstić information content (AvgIpc) is 2.91. The summed E-state index contributed by atoms with van der Waals surface area (Å²) in [6.07, 6.45) is 0.775. The Bertz CT molecular complexity index is 834. The first-order chi connectivity index (χ1) is 11.1. The third-order valence-corrected chi connectivity index (χ3v) is 4.36. The van der Waals surface area contributed by atoms with Gasteiger partial charge in [-0.15, -0.1) is 0 Å². The largest absolute Gasteiger partial charge is 0.385 e. The van der Waals surface area contributed by atoms with Gasteiger partial charge in [-0.05, 0) is 55.5 Å². The van der Waals surface area contributed by atoms with E-state index in [0.29, 0.717) is 4.77 Å². The van der Waals surface area contributed by atoms with Gasteiger partial charge in [0.2, 0.25) is 0 Å². The van der Waals surface area contributed by atoms with Crippen LogP contribution in [-0.2, 0) is 6.42 Å². The quantitative estimate of drug-likeness (QED) is 0.624. The number of aromatic nitrogens is 3. The van der Waals surface area contributed by atoms with E-state index in [1.165, 1.54) is 5.56 Å². The first-order valence-corrected chi connectivity index (χ1v) is 8.56. The van der Waals surface area contributed by atoms with Gasteiger partial charge in [0.05, 0.1) is 0 Å². The summed E-state index contributed by atoms with van der Waals surface area (Å²) in [5, 5.41) is 10.6. The highest BCUT2D eigenvalue weighted by Crippen LogP contribution is 2.15. The average molecular weight is 389 g/mol. The van der Waals surface area contributed by atoms with Crippen LogP contribution in [-0.4, -0.2) is 21.3 Å². The number of rotatable bonds is 5. The summed E-state index contributed by atoms with van der Waals surface area (Å²) in [5.41, 5.74) is 3.35. The van der Waals surface area contributed by atoms with E-state index in [0.717, 1.165) is 34.6 Å². The van der Waals surface area contributed by atoms with Crippen LogP contribution in [0.15, 0.2) is 53.0 Å². The Morgan fingerprint density at radius 1 is 1.13 bits per heavy atom. The Balaban J connectivity index is 1.72. The third kappa shape index (κ3) is 3.89. The Kier molecular flexibility index (Phi) is 4.93. The zero-order chi connectivity index (χ0) is 16.2. The van der Waals surface area contributed by atoms with E-state index in [2.05, 4.69) is 62.6 Å². The van der Waals surface area contributed by atoms with Crippen molar-refractivity contribution >= 4 is 33.8 Å². The van der Waals surface area contributed by atoms with Crippen molar-refractivity contribution in [3.63, 3.8) is 0 Å². The molecule has 0 saturated carbocycles. The molecule has 4 nitrogen and oxygen atoms in total. The second-order valence-corrected chi connectivity index (χ2v) is 6.60. The Morgan fingerprint density at radius 2 is 1.83 bits per heavy atom. The summed E-state index contributed by atoms with van der Waals surface area (Å²) in [7, 11) is 0. The van der Waals surface area contributed by atoms with Gasteiger partial charge in [-0.1, -0.05) is 33.6 Å². The molecule has 6 heteroatoms. The Morgan fingerprint density at radius 3 is 2.52 bits per heavy atom. The maximum atomic E-state index is 5.37. The molecular weight excluding hydrogens is 372 g/mol. The van der Waals surface area contributed by atoms with Crippen molar-refractivity contribution in [3.05, 3.63) is 69.2 Å². The summed E-state index contributed by atoms with van der Waals surface area (Å²) < 4.78 is 3.67. The lowest BCUT2D eigenvalue weighted by molar-refractivity contribution is 0.848. The van der Waals surface area contributed by atoms with E-state index in [1.54, 1.807) is 0 Å². The lowest BCUT2D eigenvalue weighted by atomic mass is 10.2. The fourth-order valence-corrected chi connectivity index (χ4v) is 2.86. The molecule has 0 unspecified atom stereocenters. The van der Waals surface area contributed by atoms with Gasteiger partial charge >= 0.3 is 0 Å². The number of benzene rings is 2. The minimum absolute atomic E-state index is 0.618. The molecule has 118 valence electrons. The predicted molar refractivity (Wildman–Crippen MR) is 99.8 cm³/mol. The van der Waals surface area contributed by atoms with Gasteiger partial charge in [0.25, 0.3) is 0 Å². The molecule has 2 N–H and O–H groups in total. The number of halogens is 1.